The molecule has 16 heavy (non-hydrogen) atoms. The summed E-state index contributed by atoms with van der Waals surface area (Å²) >= 11 is 0. The van der Waals surface area contributed by atoms with Crippen LogP contribution in [0, 0.1) is 12.8 Å². The Morgan fingerprint density at radius 1 is 1.50 bits per heavy atom. The highest BCUT2D eigenvalue weighted by Gasteiger charge is 2.24. The molecule has 4 heteroatoms. The quantitative estimate of drug-likeness (QED) is 0.597. The molecule has 0 amide bonds. The number of aromatic nitrogens is 2. The summed E-state index contributed by atoms with van der Waals surface area (Å²) in [5, 5.41) is 0. The lowest BCUT2D eigenvalue weighted by atomic mass is 10.1. The zero-order valence-electron chi connectivity index (χ0n) is 11.2. The lowest BCUT2D eigenvalue weighted by Gasteiger charge is -2.19. The number of carbonyl (C=O) groups is 1. The zero-order valence-corrected chi connectivity index (χ0v) is 12.2. The van der Waals surface area contributed by atoms with Crippen molar-refractivity contribution in [3.05, 3.63) is 17.7 Å². The van der Waals surface area contributed by atoms with Crippen molar-refractivity contribution in [2.45, 2.75) is 39.5 Å². The summed E-state index contributed by atoms with van der Waals surface area (Å²) < 4.78 is 1.90. The van der Waals surface area contributed by atoms with Gasteiger partial charge in [0.05, 0.1) is 0 Å². The molecule has 3 nitrogen and oxygen atoms in total. The topological polar surface area (TPSA) is 34.9 Å². The SMILES string of the molecule is Cc1nc(C(=O)C(C)C[Si](C)(C)C)cn1C. The van der Waals surface area contributed by atoms with Gasteiger partial charge in [0, 0.05) is 27.2 Å². The Hall–Kier alpha value is -0.903. The molecule has 0 bridgehead atoms. The predicted octanol–water partition coefficient (Wildman–Crippen LogP) is 2.89. The predicted molar refractivity (Wildman–Crippen MR) is 69.6 cm³/mol. The van der Waals surface area contributed by atoms with Crippen molar-refractivity contribution in [3.63, 3.8) is 0 Å². The van der Waals surface area contributed by atoms with Crippen LogP contribution in [0.4, 0.5) is 0 Å². The molecule has 0 aromatic carbocycles. The molecule has 0 aliphatic rings. The van der Waals surface area contributed by atoms with Gasteiger partial charge in [0.15, 0.2) is 5.78 Å². The van der Waals surface area contributed by atoms with E-state index >= 15 is 0 Å². The number of hydrogen-bond donors (Lipinski definition) is 0. The number of nitrogens with zero attached hydrogens (tertiary/aromatic N) is 2. The maximum atomic E-state index is 12.1. The minimum atomic E-state index is -1.18. The molecule has 90 valence electrons. The largest absolute Gasteiger partial charge is 0.337 e. The summed E-state index contributed by atoms with van der Waals surface area (Å²) in [6.07, 6.45) is 1.83. The van der Waals surface area contributed by atoms with Crippen molar-refractivity contribution in [1.29, 1.82) is 0 Å². The fourth-order valence-electron chi connectivity index (χ4n) is 1.94. The van der Waals surface area contributed by atoms with Crippen LogP contribution < -0.4 is 0 Å². The zero-order chi connectivity index (χ0) is 12.5. The highest BCUT2D eigenvalue weighted by atomic mass is 28.3. The van der Waals surface area contributed by atoms with E-state index in [9.17, 15) is 4.79 Å². The van der Waals surface area contributed by atoms with Gasteiger partial charge in [0.25, 0.3) is 0 Å². The molecule has 0 N–H and O–H groups in total. The van der Waals surface area contributed by atoms with Gasteiger partial charge in [-0.25, -0.2) is 4.98 Å². The Morgan fingerprint density at radius 2 is 2.06 bits per heavy atom. The second kappa shape index (κ2) is 4.53. The van der Waals surface area contributed by atoms with Gasteiger partial charge < -0.3 is 4.57 Å². The summed E-state index contributed by atoms with van der Waals surface area (Å²) in [5.74, 6) is 1.18. The number of imidazole rings is 1. The van der Waals surface area contributed by atoms with Crippen molar-refractivity contribution in [2.75, 3.05) is 0 Å². The normalized spacial score (nSPS) is 13.9. The maximum absolute atomic E-state index is 12.1. The van der Waals surface area contributed by atoms with E-state index in [1.54, 1.807) is 0 Å². The molecule has 0 fully saturated rings. The van der Waals surface area contributed by atoms with Crippen molar-refractivity contribution < 1.29 is 4.79 Å². The molecule has 0 spiro atoms. The molecule has 1 aromatic rings. The Bertz CT molecular complexity index is 371. The molecule has 1 rings (SSSR count). The second-order valence-electron chi connectivity index (χ2n) is 5.81. The van der Waals surface area contributed by atoms with Crippen LogP contribution in [0.5, 0.6) is 0 Å². The Morgan fingerprint density at radius 3 is 2.44 bits per heavy atom. The number of carbonyl (C=O) groups excluding carboxylic acids is 1. The molecular formula is C12H22N2OSi. The van der Waals surface area contributed by atoms with E-state index in [-0.39, 0.29) is 11.7 Å². The Kier molecular flexibility index (Phi) is 3.73. The highest BCUT2D eigenvalue weighted by molar-refractivity contribution is 6.76. The van der Waals surface area contributed by atoms with Gasteiger partial charge in [0.2, 0.25) is 0 Å². The van der Waals surface area contributed by atoms with Crippen molar-refractivity contribution in [3.8, 4) is 0 Å². The molecule has 0 aliphatic heterocycles. The van der Waals surface area contributed by atoms with Crippen molar-refractivity contribution in [2.24, 2.45) is 13.0 Å². The van der Waals surface area contributed by atoms with Crippen molar-refractivity contribution in [1.82, 2.24) is 9.55 Å². The molecule has 1 atom stereocenters. The lowest BCUT2D eigenvalue weighted by Crippen LogP contribution is -2.26. The number of rotatable bonds is 4. The average molecular weight is 238 g/mol. The Labute approximate surface area is 98.9 Å². The molecule has 0 radical (unpaired) electrons. The van der Waals surface area contributed by atoms with Gasteiger partial charge in [-0.15, -0.1) is 0 Å². The van der Waals surface area contributed by atoms with E-state index in [1.807, 2.05) is 31.7 Å². The summed E-state index contributed by atoms with van der Waals surface area (Å²) in [6, 6.07) is 1.03. The minimum absolute atomic E-state index is 0.0981. The Balaban J connectivity index is 2.78. The number of ketones is 1. The van der Waals surface area contributed by atoms with Crippen LogP contribution >= 0.6 is 0 Å². The standard InChI is InChI=1S/C12H22N2OSi/c1-9(8-16(4,5)6)12(15)11-7-14(3)10(2)13-11/h7,9H,8H2,1-6H3. The van der Waals surface area contributed by atoms with Crippen LogP contribution in [0.25, 0.3) is 0 Å². The third-order valence-corrected chi connectivity index (χ3v) is 4.56. The van der Waals surface area contributed by atoms with Gasteiger partial charge in [0.1, 0.15) is 11.5 Å². The van der Waals surface area contributed by atoms with Gasteiger partial charge in [-0.05, 0) is 13.0 Å². The molecular weight excluding hydrogens is 216 g/mol. The summed E-state index contributed by atoms with van der Waals surface area (Å²) in [5.41, 5.74) is 0.616. The van der Waals surface area contributed by atoms with Gasteiger partial charge in [-0.3, -0.25) is 4.79 Å². The molecule has 0 saturated carbocycles. The first-order valence-corrected chi connectivity index (χ1v) is 9.45. The van der Waals surface area contributed by atoms with E-state index in [2.05, 4.69) is 24.6 Å². The second-order valence-corrected chi connectivity index (χ2v) is 11.3. The van der Waals surface area contributed by atoms with Crippen LogP contribution in [-0.4, -0.2) is 23.4 Å². The smallest absolute Gasteiger partial charge is 0.185 e. The number of hydrogen-bond acceptors (Lipinski definition) is 2. The fraction of sp³-hybridized carbons (Fsp3) is 0.667. The van der Waals surface area contributed by atoms with Gasteiger partial charge >= 0.3 is 0 Å². The molecule has 1 unspecified atom stereocenters. The fourth-order valence-corrected chi connectivity index (χ4v) is 3.96. The van der Waals surface area contributed by atoms with Crippen LogP contribution in [0.2, 0.25) is 25.7 Å². The first kappa shape index (κ1) is 13.2. The first-order valence-electron chi connectivity index (χ1n) is 5.75. The average Bonchev–Trinajstić information content (AvgIpc) is 2.43. The van der Waals surface area contributed by atoms with Gasteiger partial charge in [-0.2, -0.15) is 0 Å². The lowest BCUT2D eigenvalue weighted by molar-refractivity contribution is 0.0934. The minimum Gasteiger partial charge on any atom is -0.337 e. The maximum Gasteiger partial charge on any atom is 0.185 e. The molecule has 1 heterocycles. The third-order valence-electron chi connectivity index (χ3n) is 2.73. The van der Waals surface area contributed by atoms with E-state index in [1.165, 1.54) is 0 Å². The first-order chi connectivity index (χ1) is 7.20. The van der Waals surface area contributed by atoms with Crippen molar-refractivity contribution >= 4 is 13.9 Å². The summed E-state index contributed by atoms with van der Waals surface area (Å²) in [4.78, 5) is 16.4. The third kappa shape index (κ3) is 3.30. The highest BCUT2D eigenvalue weighted by Crippen LogP contribution is 2.20. The number of Topliss-reactive ketones (excluding diaryl/α,β-unsaturated/α-hetero) is 1. The molecule has 0 aliphatic carbocycles. The van der Waals surface area contributed by atoms with E-state index in [0.29, 0.717) is 5.69 Å². The van der Waals surface area contributed by atoms with Crippen LogP contribution in [-0.2, 0) is 7.05 Å². The molecule has 1 aromatic heterocycles. The van der Waals surface area contributed by atoms with Gasteiger partial charge in [-0.1, -0.05) is 26.6 Å². The molecule has 0 saturated heterocycles. The van der Waals surface area contributed by atoms with Crippen LogP contribution in [0.15, 0.2) is 6.20 Å². The monoisotopic (exact) mass is 238 g/mol. The van der Waals surface area contributed by atoms with E-state index in [4.69, 9.17) is 0 Å². The summed E-state index contributed by atoms with van der Waals surface area (Å²) in [6.45, 7) is 10.8. The van der Waals surface area contributed by atoms with E-state index < -0.39 is 8.07 Å². The van der Waals surface area contributed by atoms with E-state index in [0.717, 1.165) is 11.9 Å². The summed E-state index contributed by atoms with van der Waals surface area (Å²) in [7, 11) is 0.741. The van der Waals surface area contributed by atoms with Crippen LogP contribution in [0.1, 0.15) is 23.2 Å². The number of aryl methyl sites for hydroxylation is 2. The van der Waals surface area contributed by atoms with Crippen LogP contribution in [0.3, 0.4) is 0 Å².